The molecule has 0 fully saturated rings. The molecule has 0 atom stereocenters. The first-order chi connectivity index (χ1) is 11.0. The van der Waals surface area contributed by atoms with Crippen LogP contribution in [-0.2, 0) is 9.53 Å². The molecule has 0 saturated carbocycles. The van der Waals surface area contributed by atoms with Crippen LogP contribution in [0.3, 0.4) is 0 Å². The molecule has 0 aliphatic rings. The van der Waals surface area contributed by atoms with Crippen LogP contribution in [0.1, 0.15) is 16.1 Å². The molecule has 8 heteroatoms. The summed E-state index contributed by atoms with van der Waals surface area (Å²) in [6.45, 7) is 1.69. The lowest BCUT2D eigenvalue weighted by Crippen LogP contribution is -2.22. The van der Waals surface area contributed by atoms with E-state index < -0.39 is 5.97 Å². The highest BCUT2D eigenvalue weighted by atomic mass is 16.5. The number of amides is 1. The number of nitrogens with zero attached hydrogens (tertiary/aromatic N) is 1. The van der Waals surface area contributed by atoms with Crippen LogP contribution in [0, 0.1) is 6.92 Å². The Hall–Kier alpha value is -3.03. The molecule has 1 aromatic heterocycles. The quantitative estimate of drug-likeness (QED) is 0.783. The van der Waals surface area contributed by atoms with Crippen LogP contribution in [-0.4, -0.2) is 37.8 Å². The lowest BCUT2D eigenvalue weighted by Gasteiger charge is -2.11. The third-order valence-corrected chi connectivity index (χ3v) is 2.96. The van der Waals surface area contributed by atoms with Crippen LogP contribution in [0.15, 0.2) is 28.8 Å². The van der Waals surface area contributed by atoms with Crippen molar-refractivity contribution < 1.29 is 23.6 Å². The Balaban J connectivity index is 2.04. The van der Waals surface area contributed by atoms with Crippen molar-refractivity contribution in [1.29, 1.82) is 0 Å². The molecular weight excluding hydrogens is 302 g/mol. The largest absolute Gasteiger partial charge is 0.497 e. The van der Waals surface area contributed by atoms with Gasteiger partial charge in [-0.05, 0) is 25.1 Å². The molecule has 0 unspecified atom stereocenters. The van der Waals surface area contributed by atoms with Crippen molar-refractivity contribution >= 4 is 23.4 Å². The smallest absolute Gasteiger partial charge is 0.340 e. The molecule has 1 heterocycles. The number of carbonyl (C=O) groups excluding carboxylic acids is 2. The Bertz CT molecular complexity index is 711. The van der Waals surface area contributed by atoms with Gasteiger partial charge in [0.15, 0.2) is 0 Å². The maximum atomic E-state index is 11.9. The zero-order chi connectivity index (χ0) is 16.8. The van der Waals surface area contributed by atoms with E-state index in [0.717, 1.165) is 0 Å². The van der Waals surface area contributed by atoms with Crippen LogP contribution in [0.2, 0.25) is 0 Å². The first-order valence-corrected chi connectivity index (χ1v) is 6.77. The van der Waals surface area contributed by atoms with Gasteiger partial charge in [-0.25, -0.2) is 4.79 Å². The van der Waals surface area contributed by atoms with Crippen LogP contribution in [0.4, 0.5) is 11.6 Å². The summed E-state index contributed by atoms with van der Waals surface area (Å²) in [6, 6.07) is 6.44. The van der Waals surface area contributed by atoms with Crippen LogP contribution in [0.25, 0.3) is 0 Å². The zero-order valence-electron chi connectivity index (χ0n) is 13.0. The molecule has 2 aromatic rings. The highest BCUT2D eigenvalue weighted by Crippen LogP contribution is 2.22. The third kappa shape index (κ3) is 4.22. The first-order valence-electron chi connectivity index (χ1n) is 6.77. The lowest BCUT2D eigenvalue weighted by atomic mass is 10.1. The maximum absolute atomic E-state index is 11.9. The molecule has 122 valence electrons. The van der Waals surface area contributed by atoms with Gasteiger partial charge in [0.05, 0.1) is 32.0 Å². The number of carbonyl (C=O) groups is 2. The highest BCUT2D eigenvalue weighted by molar-refractivity contribution is 5.98. The minimum Gasteiger partial charge on any atom is -0.497 e. The normalized spacial score (nSPS) is 10.0. The number of hydrogen-bond acceptors (Lipinski definition) is 7. The Labute approximate surface area is 132 Å². The van der Waals surface area contributed by atoms with Crippen LogP contribution < -0.4 is 15.4 Å². The summed E-state index contributed by atoms with van der Waals surface area (Å²) in [5.41, 5.74) is 1.40. The number of nitrogens with one attached hydrogen (secondary N) is 2. The molecule has 0 radical (unpaired) electrons. The third-order valence-electron chi connectivity index (χ3n) is 2.96. The van der Waals surface area contributed by atoms with Crippen molar-refractivity contribution in [2.75, 3.05) is 31.4 Å². The van der Waals surface area contributed by atoms with E-state index >= 15 is 0 Å². The number of rotatable bonds is 6. The summed E-state index contributed by atoms with van der Waals surface area (Å²) < 4.78 is 14.7. The minimum absolute atomic E-state index is 0.0595. The Morgan fingerprint density at radius 1 is 1.26 bits per heavy atom. The second-order valence-electron chi connectivity index (χ2n) is 4.64. The number of benzene rings is 1. The summed E-state index contributed by atoms with van der Waals surface area (Å²) >= 11 is 0. The predicted octanol–water partition coefficient (Wildman–Crippen LogP) is 1.83. The van der Waals surface area contributed by atoms with E-state index in [1.165, 1.54) is 20.3 Å². The molecule has 1 amide bonds. The molecular formula is C15H17N3O5. The number of aryl methyl sites for hydroxylation is 1. The van der Waals surface area contributed by atoms with Crippen molar-refractivity contribution in [3.05, 3.63) is 35.5 Å². The summed E-state index contributed by atoms with van der Waals surface area (Å²) in [6.07, 6.45) is 0. The molecule has 0 spiro atoms. The van der Waals surface area contributed by atoms with Gasteiger partial charge in [0, 0.05) is 11.8 Å². The molecule has 0 bridgehead atoms. The molecule has 2 N–H and O–H groups in total. The number of anilines is 2. The molecule has 23 heavy (non-hydrogen) atoms. The summed E-state index contributed by atoms with van der Waals surface area (Å²) in [4.78, 5) is 23.7. The number of ether oxygens (including phenoxy) is 2. The monoisotopic (exact) mass is 319 g/mol. The van der Waals surface area contributed by atoms with Gasteiger partial charge < -0.3 is 19.3 Å². The number of aromatic nitrogens is 1. The summed E-state index contributed by atoms with van der Waals surface area (Å²) in [5.74, 6) is -0.0970. The zero-order valence-corrected chi connectivity index (χ0v) is 13.0. The molecule has 0 aliphatic carbocycles. The fourth-order valence-corrected chi connectivity index (χ4v) is 1.86. The van der Waals surface area contributed by atoms with E-state index in [0.29, 0.717) is 17.1 Å². The SMILES string of the molecule is COC(=O)c1cc(OC)ccc1NCC(=O)Nc1cc(C)no1. The molecule has 2 rings (SSSR count). The highest BCUT2D eigenvalue weighted by Gasteiger charge is 2.14. The van der Waals surface area contributed by atoms with Gasteiger partial charge >= 0.3 is 5.97 Å². The number of hydrogen-bond donors (Lipinski definition) is 2. The van der Waals surface area contributed by atoms with E-state index in [9.17, 15) is 9.59 Å². The van der Waals surface area contributed by atoms with Crippen LogP contribution >= 0.6 is 0 Å². The van der Waals surface area contributed by atoms with E-state index in [2.05, 4.69) is 15.8 Å². The van der Waals surface area contributed by atoms with Crippen molar-refractivity contribution in [1.82, 2.24) is 5.16 Å². The second-order valence-corrected chi connectivity index (χ2v) is 4.64. The maximum Gasteiger partial charge on any atom is 0.340 e. The van der Waals surface area contributed by atoms with Crippen LogP contribution in [0.5, 0.6) is 5.75 Å². The van der Waals surface area contributed by atoms with Gasteiger partial charge in [-0.2, -0.15) is 0 Å². The Kier molecular flexibility index (Phi) is 5.19. The topological polar surface area (TPSA) is 103 Å². The molecule has 8 nitrogen and oxygen atoms in total. The van der Waals surface area contributed by atoms with Gasteiger partial charge in [0.2, 0.25) is 11.8 Å². The first kappa shape index (κ1) is 16.3. The summed E-state index contributed by atoms with van der Waals surface area (Å²) in [7, 11) is 2.78. The van der Waals surface area contributed by atoms with Gasteiger partial charge in [-0.3, -0.25) is 10.1 Å². The molecule has 1 aromatic carbocycles. The van der Waals surface area contributed by atoms with Gasteiger partial charge in [-0.15, -0.1) is 0 Å². The van der Waals surface area contributed by atoms with Gasteiger partial charge in [-0.1, -0.05) is 5.16 Å². The number of methoxy groups -OCH3 is 2. The average Bonchev–Trinajstić information content (AvgIpc) is 2.96. The molecule has 0 saturated heterocycles. The van der Waals surface area contributed by atoms with Crippen molar-refractivity contribution in [2.45, 2.75) is 6.92 Å². The fourth-order valence-electron chi connectivity index (χ4n) is 1.86. The minimum atomic E-state index is -0.530. The standard InChI is InChI=1S/C15H17N3O5/c1-9-6-14(23-18-9)17-13(19)8-16-12-5-4-10(21-2)7-11(12)15(20)22-3/h4-7,16H,8H2,1-3H3,(H,17,19). The lowest BCUT2D eigenvalue weighted by molar-refractivity contribution is -0.114. The van der Waals surface area contributed by atoms with E-state index in [1.54, 1.807) is 25.1 Å². The second kappa shape index (κ2) is 7.30. The number of esters is 1. The van der Waals surface area contributed by atoms with E-state index in [-0.39, 0.29) is 23.9 Å². The molecule has 0 aliphatic heterocycles. The van der Waals surface area contributed by atoms with E-state index in [4.69, 9.17) is 14.0 Å². The average molecular weight is 319 g/mol. The van der Waals surface area contributed by atoms with Gasteiger partial charge in [0.25, 0.3) is 0 Å². The van der Waals surface area contributed by atoms with Crippen molar-refractivity contribution in [3.8, 4) is 5.75 Å². The van der Waals surface area contributed by atoms with Gasteiger partial charge in [0.1, 0.15) is 5.75 Å². The Morgan fingerprint density at radius 3 is 2.65 bits per heavy atom. The summed E-state index contributed by atoms with van der Waals surface area (Å²) in [5, 5.41) is 9.09. The Morgan fingerprint density at radius 2 is 2.04 bits per heavy atom. The van der Waals surface area contributed by atoms with Crippen molar-refractivity contribution in [2.24, 2.45) is 0 Å². The van der Waals surface area contributed by atoms with E-state index in [1.807, 2.05) is 0 Å². The fraction of sp³-hybridized carbons (Fsp3) is 0.267. The predicted molar refractivity (Wildman–Crippen MR) is 82.7 cm³/mol. The van der Waals surface area contributed by atoms with Crippen molar-refractivity contribution in [3.63, 3.8) is 0 Å².